The molecular formula is C10H19N3O2S. The zero-order valence-electron chi connectivity index (χ0n) is 9.78. The van der Waals surface area contributed by atoms with Gasteiger partial charge in [0.15, 0.2) is 0 Å². The lowest BCUT2D eigenvalue weighted by Crippen LogP contribution is -2.34. The number of carbonyl (C=O) groups excluding carboxylic acids is 2. The third kappa shape index (κ3) is 8.16. The summed E-state index contributed by atoms with van der Waals surface area (Å²) in [6.45, 7) is 4.71. The summed E-state index contributed by atoms with van der Waals surface area (Å²) >= 11 is 4.75. The number of hydrogen-bond donors (Lipinski definition) is 2. The van der Waals surface area contributed by atoms with Crippen LogP contribution < -0.4 is 11.1 Å². The number of nitrogens with one attached hydrogen (secondary N) is 1. The van der Waals surface area contributed by atoms with Gasteiger partial charge in [-0.2, -0.15) is 0 Å². The molecule has 92 valence electrons. The zero-order chi connectivity index (χ0) is 12.6. The third-order valence-electron chi connectivity index (χ3n) is 2.05. The molecule has 16 heavy (non-hydrogen) atoms. The van der Waals surface area contributed by atoms with Gasteiger partial charge in [0.05, 0.1) is 4.99 Å². The standard InChI is InChI=1S/C10H19N3O2S/c1-8(14)12-5-3-6-13(9(2)15)7-4-10(11)16/h3-7H2,1-2H3,(H2,11,16)(H,12,14). The quantitative estimate of drug-likeness (QED) is 0.490. The maximum atomic E-state index is 11.2. The summed E-state index contributed by atoms with van der Waals surface area (Å²) in [5, 5.41) is 2.68. The Balaban J connectivity index is 3.81. The van der Waals surface area contributed by atoms with E-state index in [1.807, 2.05) is 0 Å². The van der Waals surface area contributed by atoms with Crippen LogP contribution in [-0.2, 0) is 9.59 Å². The van der Waals surface area contributed by atoms with E-state index in [4.69, 9.17) is 18.0 Å². The molecule has 2 amide bonds. The first-order valence-electron chi connectivity index (χ1n) is 5.21. The molecule has 0 saturated carbocycles. The molecule has 0 aliphatic rings. The molecule has 0 saturated heterocycles. The van der Waals surface area contributed by atoms with Crippen LogP contribution in [0.15, 0.2) is 0 Å². The number of amides is 2. The van der Waals surface area contributed by atoms with Crippen LogP contribution in [0.1, 0.15) is 26.7 Å². The minimum Gasteiger partial charge on any atom is -0.393 e. The van der Waals surface area contributed by atoms with Crippen molar-refractivity contribution < 1.29 is 9.59 Å². The summed E-state index contributed by atoms with van der Waals surface area (Å²) in [4.78, 5) is 23.9. The van der Waals surface area contributed by atoms with Gasteiger partial charge in [-0.25, -0.2) is 0 Å². The molecule has 0 aromatic rings. The third-order valence-corrected chi connectivity index (χ3v) is 2.26. The highest BCUT2D eigenvalue weighted by Gasteiger charge is 2.08. The molecule has 5 nitrogen and oxygen atoms in total. The zero-order valence-corrected chi connectivity index (χ0v) is 10.6. The van der Waals surface area contributed by atoms with Gasteiger partial charge in [-0.1, -0.05) is 12.2 Å². The average molecular weight is 245 g/mol. The fourth-order valence-electron chi connectivity index (χ4n) is 1.21. The fourth-order valence-corrected chi connectivity index (χ4v) is 1.30. The molecule has 3 N–H and O–H groups in total. The lowest BCUT2D eigenvalue weighted by Gasteiger charge is -2.20. The molecule has 0 unspecified atom stereocenters. The van der Waals surface area contributed by atoms with Crippen LogP contribution in [0, 0.1) is 0 Å². The molecule has 0 rings (SSSR count). The summed E-state index contributed by atoms with van der Waals surface area (Å²) in [7, 11) is 0. The number of nitrogens with two attached hydrogens (primary N) is 1. The van der Waals surface area contributed by atoms with Crippen molar-refractivity contribution in [1.29, 1.82) is 0 Å². The van der Waals surface area contributed by atoms with E-state index in [0.717, 1.165) is 6.42 Å². The number of carbonyl (C=O) groups is 2. The summed E-state index contributed by atoms with van der Waals surface area (Å²) in [5.41, 5.74) is 5.37. The summed E-state index contributed by atoms with van der Waals surface area (Å²) in [6, 6.07) is 0. The average Bonchev–Trinajstić information content (AvgIpc) is 2.15. The van der Waals surface area contributed by atoms with Crippen molar-refractivity contribution in [3.05, 3.63) is 0 Å². The first kappa shape index (κ1) is 14.8. The van der Waals surface area contributed by atoms with Crippen molar-refractivity contribution in [1.82, 2.24) is 10.2 Å². The van der Waals surface area contributed by atoms with Gasteiger partial charge in [-0.05, 0) is 6.42 Å². The molecule has 0 aromatic heterocycles. The molecule has 0 radical (unpaired) electrons. The molecule has 0 aliphatic carbocycles. The van der Waals surface area contributed by atoms with Crippen LogP contribution >= 0.6 is 12.2 Å². The summed E-state index contributed by atoms with van der Waals surface area (Å²) < 4.78 is 0. The largest absolute Gasteiger partial charge is 0.393 e. The fraction of sp³-hybridized carbons (Fsp3) is 0.700. The second-order valence-corrected chi connectivity index (χ2v) is 4.08. The van der Waals surface area contributed by atoms with E-state index < -0.39 is 0 Å². The van der Waals surface area contributed by atoms with E-state index in [9.17, 15) is 9.59 Å². The lowest BCUT2D eigenvalue weighted by atomic mass is 10.3. The van der Waals surface area contributed by atoms with Crippen molar-refractivity contribution in [3.8, 4) is 0 Å². The van der Waals surface area contributed by atoms with Crippen LogP contribution in [-0.4, -0.2) is 41.3 Å². The second kappa shape index (κ2) is 8.04. The predicted octanol–water partition coefficient (Wildman–Crippen LogP) is 0.0373. The van der Waals surface area contributed by atoms with Crippen molar-refractivity contribution >= 4 is 29.0 Å². The van der Waals surface area contributed by atoms with Gasteiger partial charge >= 0.3 is 0 Å². The molecule has 0 spiro atoms. The first-order chi connectivity index (χ1) is 7.43. The minimum atomic E-state index is -0.0579. The van der Waals surface area contributed by atoms with Crippen molar-refractivity contribution in [2.45, 2.75) is 26.7 Å². The Kier molecular flexibility index (Phi) is 7.45. The Morgan fingerprint density at radius 2 is 1.94 bits per heavy atom. The van der Waals surface area contributed by atoms with E-state index in [1.54, 1.807) is 4.90 Å². The number of hydrogen-bond acceptors (Lipinski definition) is 3. The van der Waals surface area contributed by atoms with E-state index in [2.05, 4.69) is 5.32 Å². The van der Waals surface area contributed by atoms with E-state index in [-0.39, 0.29) is 11.8 Å². The Bertz CT molecular complexity index is 269. The Morgan fingerprint density at radius 3 is 2.38 bits per heavy atom. The van der Waals surface area contributed by atoms with Crippen LogP contribution in [0.5, 0.6) is 0 Å². The highest BCUT2D eigenvalue weighted by Crippen LogP contribution is 1.95. The maximum absolute atomic E-state index is 11.2. The Hall–Kier alpha value is -1.17. The number of nitrogens with zero attached hydrogens (tertiary/aromatic N) is 1. The van der Waals surface area contributed by atoms with Crippen LogP contribution in [0.25, 0.3) is 0 Å². The number of rotatable bonds is 7. The highest BCUT2D eigenvalue weighted by molar-refractivity contribution is 7.80. The second-order valence-electron chi connectivity index (χ2n) is 3.56. The van der Waals surface area contributed by atoms with E-state index in [1.165, 1.54) is 13.8 Å². The summed E-state index contributed by atoms with van der Waals surface area (Å²) in [5.74, 6) is -0.0587. The van der Waals surface area contributed by atoms with Gasteiger partial charge in [0, 0.05) is 39.9 Å². The van der Waals surface area contributed by atoms with Gasteiger partial charge < -0.3 is 16.0 Å². The van der Waals surface area contributed by atoms with E-state index >= 15 is 0 Å². The molecule has 0 heterocycles. The highest BCUT2D eigenvalue weighted by atomic mass is 32.1. The van der Waals surface area contributed by atoms with Gasteiger partial charge in [0.1, 0.15) is 0 Å². The van der Waals surface area contributed by atoms with Crippen molar-refractivity contribution in [2.24, 2.45) is 5.73 Å². The SMILES string of the molecule is CC(=O)NCCCN(CCC(N)=S)C(C)=O. The normalized spacial score (nSPS) is 9.62. The molecule has 0 aliphatic heterocycles. The van der Waals surface area contributed by atoms with Crippen molar-refractivity contribution in [2.75, 3.05) is 19.6 Å². The monoisotopic (exact) mass is 245 g/mol. The van der Waals surface area contributed by atoms with Gasteiger partial charge in [0.2, 0.25) is 11.8 Å². The molecule has 6 heteroatoms. The molecular weight excluding hydrogens is 226 g/mol. The number of thiocarbonyl (C=S) groups is 1. The minimum absolute atomic E-state index is 0.000856. The van der Waals surface area contributed by atoms with Crippen molar-refractivity contribution in [3.63, 3.8) is 0 Å². The smallest absolute Gasteiger partial charge is 0.219 e. The molecule has 0 fully saturated rings. The van der Waals surface area contributed by atoms with Gasteiger partial charge in [0.25, 0.3) is 0 Å². The predicted molar refractivity (Wildman–Crippen MR) is 67.0 cm³/mol. The Labute approximate surface area is 101 Å². The maximum Gasteiger partial charge on any atom is 0.219 e. The van der Waals surface area contributed by atoms with Crippen LogP contribution in [0.4, 0.5) is 0 Å². The lowest BCUT2D eigenvalue weighted by molar-refractivity contribution is -0.128. The Morgan fingerprint density at radius 1 is 1.31 bits per heavy atom. The van der Waals surface area contributed by atoms with E-state index in [0.29, 0.717) is 31.0 Å². The van der Waals surface area contributed by atoms with Crippen LogP contribution in [0.2, 0.25) is 0 Å². The molecule has 0 atom stereocenters. The first-order valence-corrected chi connectivity index (χ1v) is 5.62. The van der Waals surface area contributed by atoms with Gasteiger partial charge in [-0.3, -0.25) is 9.59 Å². The van der Waals surface area contributed by atoms with Gasteiger partial charge in [-0.15, -0.1) is 0 Å². The molecule has 0 bridgehead atoms. The topological polar surface area (TPSA) is 75.4 Å². The van der Waals surface area contributed by atoms with Crippen LogP contribution in [0.3, 0.4) is 0 Å². The summed E-state index contributed by atoms with van der Waals surface area (Å²) in [6.07, 6.45) is 1.27. The molecule has 0 aromatic carbocycles.